The maximum Gasteiger partial charge on any atom is 0.239 e. The molecule has 0 bridgehead atoms. The maximum absolute atomic E-state index is 12.1. The van der Waals surface area contributed by atoms with Crippen molar-refractivity contribution in [1.82, 2.24) is 15.1 Å². The lowest BCUT2D eigenvalue weighted by molar-refractivity contribution is -0.143. The quantitative estimate of drug-likeness (QED) is 0.872. The number of likely N-dealkylation sites (tertiary alicyclic amines) is 1. The molecular formula is C17H23N3O3. The van der Waals surface area contributed by atoms with Crippen LogP contribution in [0.5, 0.6) is 0 Å². The van der Waals surface area contributed by atoms with Gasteiger partial charge in [-0.15, -0.1) is 0 Å². The molecule has 1 saturated heterocycles. The first-order valence-corrected chi connectivity index (χ1v) is 7.80. The zero-order chi connectivity index (χ0) is 16.8. The van der Waals surface area contributed by atoms with E-state index < -0.39 is 0 Å². The van der Waals surface area contributed by atoms with Crippen molar-refractivity contribution in [3.05, 3.63) is 35.9 Å². The van der Waals surface area contributed by atoms with Crippen LogP contribution >= 0.6 is 0 Å². The van der Waals surface area contributed by atoms with E-state index in [0.29, 0.717) is 25.9 Å². The Hall–Kier alpha value is -2.37. The van der Waals surface area contributed by atoms with Crippen molar-refractivity contribution in [2.24, 2.45) is 0 Å². The minimum atomic E-state index is -0.198. The Labute approximate surface area is 136 Å². The van der Waals surface area contributed by atoms with Gasteiger partial charge in [-0.1, -0.05) is 30.3 Å². The summed E-state index contributed by atoms with van der Waals surface area (Å²) in [6, 6.07) is 9.71. The normalized spacial score (nSPS) is 17.7. The van der Waals surface area contributed by atoms with E-state index in [1.54, 1.807) is 18.9 Å². The highest BCUT2D eigenvalue weighted by atomic mass is 16.2. The largest absolute Gasteiger partial charge is 0.358 e. The third-order valence-electron chi connectivity index (χ3n) is 4.13. The lowest BCUT2D eigenvalue weighted by Crippen LogP contribution is -2.53. The molecule has 1 aliphatic heterocycles. The van der Waals surface area contributed by atoms with Gasteiger partial charge >= 0.3 is 0 Å². The Bertz CT molecular complexity index is 574. The third-order valence-corrected chi connectivity index (χ3v) is 4.13. The molecule has 0 radical (unpaired) electrons. The van der Waals surface area contributed by atoms with Crippen LogP contribution < -0.4 is 5.32 Å². The minimum Gasteiger partial charge on any atom is -0.358 e. The van der Waals surface area contributed by atoms with Crippen LogP contribution in [0.25, 0.3) is 0 Å². The van der Waals surface area contributed by atoms with Crippen LogP contribution in [0.2, 0.25) is 0 Å². The standard InChI is InChI=1S/C17H23N3O3/c1-13(21)20(10-14-6-4-3-5-7-14)15-8-9-17(23)19(11-15)12-16(22)18-2/h3-7,15H,8-12H2,1-2H3,(H,18,22)/t15-/m0/s1. The fourth-order valence-corrected chi connectivity index (χ4v) is 2.83. The molecular weight excluding hydrogens is 294 g/mol. The third kappa shape index (κ3) is 4.55. The molecule has 124 valence electrons. The molecule has 3 amide bonds. The number of benzene rings is 1. The summed E-state index contributed by atoms with van der Waals surface area (Å²) in [6.07, 6.45) is 0.996. The number of likely N-dealkylation sites (N-methyl/N-ethyl adjacent to an activating group) is 1. The van der Waals surface area contributed by atoms with E-state index >= 15 is 0 Å². The van der Waals surface area contributed by atoms with E-state index in [0.717, 1.165) is 5.56 Å². The summed E-state index contributed by atoms with van der Waals surface area (Å²) in [4.78, 5) is 38.9. The van der Waals surface area contributed by atoms with Gasteiger partial charge in [0.25, 0.3) is 0 Å². The summed E-state index contributed by atoms with van der Waals surface area (Å²) in [5, 5.41) is 2.53. The summed E-state index contributed by atoms with van der Waals surface area (Å²) in [6.45, 7) is 2.51. The monoisotopic (exact) mass is 317 g/mol. The van der Waals surface area contributed by atoms with Crippen molar-refractivity contribution in [3.8, 4) is 0 Å². The van der Waals surface area contributed by atoms with Gasteiger partial charge in [-0.3, -0.25) is 14.4 Å². The molecule has 1 atom stereocenters. The van der Waals surface area contributed by atoms with E-state index in [2.05, 4.69) is 5.32 Å². The van der Waals surface area contributed by atoms with Crippen LogP contribution in [0, 0.1) is 0 Å². The number of piperidine rings is 1. The predicted octanol–water partition coefficient (Wildman–Crippen LogP) is 0.772. The van der Waals surface area contributed by atoms with Gasteiger partial charge in [-0.05, 0) is 12.0 Å². The maximum atomic E-state index is 12.1. The van der Waals surface area contributed by atoms with Gasteiger partial charge in [0.05, 0.1) is 12.6 Å². The van der Waals surface area contributed by atoms with E-state index in [1.165, 1.54) is 4.90 Å². The van der Waals surface area contributed by atoms with Gasteiger partial charge in [0.1, 0.15) is 0 Å². The second kappa shape index (κ2) is 7.76. The Morgan fingerprint density at radius 3 is 2.61 bits per heavy atom. The van der Waals surface area contributed by atoms with Crippen LogP contribution in [0.3, 0.4) is 0 Å². The van der Waals surface area contributed by atoms with Crippen LogP contribution in [0.15, 0.2) is 30.3 Å². The van der Waals surface area contributed by atoms with Gasteiger partial charge < -0.3 is 15.1 Å². The highest BCUT2D eigenvalue weighted by Crippen LogP contribution is 2.19. The highest BCUT2D eigenvalue weighted by Gasteiger charge is 2.31. The van der Waals surface area contributed by atoms with E-state index in [-0.39, 0.29) is 30.3 Å². The number of amides is 3. The van der Waals surface area contributed by atoms with Crippen molar-refractivity contribution in [2.45, 2.75) is 32.4 Å². The van der Waals surface area contributed by atoms with Gasteiger partial charge in [0, 0.05) is 33.5 Å². The van der Waals surface area contributed by atoms with Gasteiger partial charge in [-0.2, -0.15) is 0 Å². The molecule has 1 fully saturated rings. The molecule has 0 saturated carbocycles. The average Bonchev–Trinajstić information content (AvgIpc) is 2.55. The number of carbonyl (C=O) groups excluding carboxylic acids is 3. The molecule has 1 heterocycles. The average molecular weight is 317 g/mol. The first kappa shape index (κ1) is 17.0. The number of rotatable bonds is 5. The zero-order valence-electron chi connectivity index (χ0n) is 13.6. The zero-order valence-corrected chi connectivity index (χ0v) is 13.6. The fourth-order valence-electron chi connectivity index (χ4n) is 2.83. The summed E-state index contributed by atoms with van der Waals surface area (Å²) < 4.78 is 0. The topological polar surface area (TPSA) is 69.7 Å². The Morgan fingerprint density at radius 1 is 1.30 bits per heavy atom. The number of nitrogens with zero attached hydrogens (tertiary/aromatic N) is 2. The molecule has 0 aromatic heterocycles. The van der Waals surface area contributed by atoms with E-state index in [1.807, 2.05) is 30.3 Å². The van der Waals surface area contributed by atoms with Crippen LogP contribution in [-0.2, 0) is 20.9 Å². The lowest BCUT2D eigenvalue weighted by atomic mass is 10.0. The molecule has 0 unspecified atom stereocenters. The molecule has 1 aromatic rings. The number of hydrogen-bond acceptors (Lipinski definition) is 3. The molecule has 6 nitrogen and oxygen atoms in total. The molecule has 6 heteroatoms. The number of carbonyl (C=O) groups is 3. The van der Waals surface area contributed by atoms with Crippen molar-refractivity contribution < 1.29 is 14.4 Å². The molecule has 0 spiro atoms. The molecule has 1 aliphatic rings. The summed E-state index contributed by atoms with van der Waals surface area (Å²) in [5.41, 5.74) is 1.05. The predicted molar refractivity (Wildman–Crippen MR) is 86.3 cm³/mol. The Kier molecular flexibility index (Phi) is 5.73. The van der Waals surface area contributed by atoms with Gasteiger partial charge in [0.2, 0.25) is 17.7 Å². The first-order valence-electron chi connectivity index (χ1n) is 7.80. The SMILES string of the molecule is CNC(=O)CN1C[C@@H](N(Cc2ccccc2)C(C)=O)CCC1=O. The molecule has 0 aliphatic carbocycles. The molecule has 1 N–H and O–H groups in total. The van der Waals surface area contributed by atoms with E-state index in [4.69, 9.17) is 0 Å². The highest BCUT2D eigenvalue weighted by molar-refractivity contribution is 5.85. The van der Waals surface area contributed by atoms with Crippen molar-refractivity contribution in [3.63, 3.8) is 0 Å². The fraction of sp³-hybridized carbons (Fsp3) is 0.471. The summed E-state index contributed by atoms with van der Waals surface area (Å²) in [7, 11) is 1.55. The van der Waals surface area contributed by atoms with Gasteiger partial charge in [-0.25, -0.2) is 0 Å². The van der Waals surface area contributed by atoms with Crippen molar-refractivity contribution >= 4 is 17.7 Å². The minimum absolute atomic E-state index is 0.0203. The second-order valence-electron chi connectivity index (χ2n) is 5.77. The van der Waals surface area contributed by atoms with Crippen LogP contribution in [-0.4, -0.2) is 53.7 Å². The van der Waals surface area contributed by atoms with Crippen molar-refractivity contribution in [1.29, 1.82) is 0 Å². The van der Waals surface area contributed by atoms with E-state index in [9.17, 15) is 14.4 Å². The first-order chi connectivity index (χ1) is 11.0. The Balaban J connectivity index is 2.08. The lowest BCUT2D eigenvalue weighted by Gasteiger charge is -2.38. The molecule has 23 heavy (non-hydrogen) atoms. The smallest absolute Gasteiger partial charge is 0.239 e. The molecule has 1 aromatic carbocycles. The number of nitrogens with one attached hydrogen (secondary N) is 1. The second-order valence-corrected chi connectivity index (χ2v) is 5.77. The van der Waals surface area contributed by atoms with Gasteiger partial charge in [0.15, 0.2) is 0 Å². The summed E-state index contributed by atoms with van der Waals surface area (Å²) >= 11 is 0. The molecule has 2 rings (SSSR count). The Morgan fingerprint density at radius 2 is 2.00 bits per heavy atom. The van der Waals surface area contributed by atoms with Crippen molar-refractivity contribution in [2.75, 3.05) is 20.1 Å². The number of hydrogen-bond donors (Lipinski definition) is 1. The summed E-state index contributed by atoms with van der Waals surface area (Å²) in [5.74, 6) is -0.252. The van der Waals surface area contributed by atoms with Crippen LogP contribution in [0.1, 0.15) is 25.3 Å². The van der Waals surface area contributed by atoms with Crippen LogP contribution in [0.4, 0.5) is 0 Å².